The Balaban J connectivity index is 0.00000245. The largest absolute Gasteiger partial charge is 0.336 e. The molecule has 1 saturated heterocycles. The monoisotopic (exact) mass is 457 g/mol. The van der Waals surface area contributed by atoms with Gasteiger partial charge in [0.15, 0.2) is 0 Å². The molecule has 1 N–H and O–H groups in total. The SMILES string of the molecule is CCCN1CCN(C(=O)c2cc3c(cc2C)[nH]c(=O)c2cnn(CC4CC4)c23)C[C@@H]1C.Cl. The van der Waals surface area contributed by atoms with E-state index in [9.17, 15) is 9.59 Å². The first-order valence-corrected chi connectivity index (χ1v) is 11.5. The maximum absolute atomic E-state index is 13.5. The molecular weight excluding hydrogens is 426 g/mol. The van der Waals surface area contributed by atoms with Crippen LogP contribution in [-0.4, -0.2) is 62.7 Å². The van der Waals surface area contributed by atoms with Crippen LogP contribution in [0.3, 0.4) is 0 Å². The van der Waals surface area contributed by atoms with Crippen molar-refractivity contribution in [1.29, 1.82) is 0 Å². The fourth-order valence-corrected chi connectivity index (χ4v) is 4.92. The predicted molar refractivity (Wildman–Crippen MR) is 130 cm³/mol. The molecule has 2 aromatic heterocycles. The minimum atomic E-state index is -0.121. The number of carbonyl (C=O) groups is 1. The van der Waals surface area contributed by atoms with E-state index in [4.69, 9.17) is 0 Å². The van der Waals surface area contributed by atoms with Gasteiger partial charge in [0.1, 0.15) is 0 Å². The molecule has 5 rings (SSSR count). The zero-order valence-corrected chi connectivity index (χ0v) is 19.9. The number of benzene rings is 1. The summed E-state index contributed by atoms with van der Waals surface area (Å²) in [7, 11) is 0. The number of carbonyl (C=O) groups excluding carboxylic acids is 1. The van der Waals surface area contributed by atoms with E-state index in [0.717, 1.165) is 66.7 Å². The molecule has 3 aromatic rings. The van der Waals surface area contributed by atoms with Crippen LogP contribution in [0.25, 0.3) is 21.8 Å². The normalized spacial score (nSPS) is 19.5. The quantitative estimate of drug-likeness (QED) is 0.635. The Labute approximate surface area is 194 Å². The Bertz CT molecular complexity index is 1210. The molecule has 0 radical (unpaired) electrons. The number of rotatable bonds is 5. The topological polar surface area (TPSA) is 74.2 Å². The molecule has 1 aromatic carbocycles. The van der Waals surface area contributed by atoms with Crippen LogP contribution in [0.4, 0.5) is 0 Å². The average molecular weight is 458 g/mol. The summed E-state index contributed by atoms with van der Waals surface area (Å²) in [6.45, 7) is 10.7. The number of aromatic nitrogens is 3. The van der Waals surface area contributed by atoms with Gasteiger partial charge in [0.2, 0.25) is 0 Å². The highest BCUT2D eigenvalue weighted by Crippen LogP contribution is 2.33. The van der Waals surface area contributed by atoms with Crippen molar-refractivity contribution < 1.29 is 4.79 Å². The van der Waals surface area contributed by atoms with E-state index >= 15 is 0 Å². The molecule has 8 heteroatoms. The standard InChI is InChI=1S/C24H31N5O2.ClH/c1-4-7-27-8-9-28(13-16(27)3)24(31)18-11-19-21(10-15(18)2)26-23(30)20-12-25-29(22(19)20)14-17-5-6-17;/h10-12,16-17H,4-9,13-14H2,1-3H3,(H,26,30);1H/t16-;/m0./s1. The Hall–Kier alpha value is -2.38. The number of nitrogens with zero attached hydrogens (tertiary/aromatic N) is 4. The molecule has 3 heterocycles. The van der Waals surface area contributed by atoms with E-state index in [1.54, 1.807) is 6.20 Å². The maximum atomic E-state index is 13.5. The number of H-pyrrole nitrogens is 1. The number of amides is 1. The zero-order chi connectivity index (χ0) is 21.7. The van der Waals surface area contributed by atoms with Crippen molar-refractivity contribution in [3.05, 3.63) is 39.8 Å². The fourth-order valence-electron chi connectivity index (χ4n) is 4.92. The van der Waals surface area contributed by atoms with Gasteiger partial charge in [0.25, 0.3) is 11.5 Å². The van der Waals surface area contributed by atoms with Crippen LogP contribution in [0.1, 0.15) is 49.0 Å². The zero-order valence-electron chi connectivity index (χ0n) is 19.1. The molecular formula is C24H32ClN5O2. The summed E-state index contributed by atoms with van der Waals surface area (Å²) < 4.78 is 1.96. The summed E-state index contributed by atoms with van der Waals surface area (Å²) in [5.41, 5.74) is 3.11. The van der Waals surface area contributed by atoms with Gasteiger partial charge in [-0.3, -0.25) is 19.2 Å². The van der Waals surface area contributed by atoms with Crippen LogP contribution in [0.15, 0.2) is 23.1 Å². The summed E-state index contributed by atoms with van der Waals surface area (Å²) in [5.74, 6) is 0.722. The average Bonchev–Trinajstić information content (AvgIpc) is 3.46. The van der Waals surface area contributed by atoms with Crippen molar-refractivity contribution in [2.45, 2.75) is 52.6 Å². The second-order valence-electron chi connectivity index (χ2n) is 9.34. The van der Waals surface area contributed by atoms with Gasteiger partial charge in [0.05, 0.1) is 22.6 Å². The Kier molecular flexibility index (Phi) is 6.32. The van der Waals surface area contributed by atoms with Crippen molar-refractivity contribution in [2.24, 2.45) is 5.92 Å². The van der Waals surface area contributed by atoms with Crippen LogP contribution in [0, 0.1) is 12.8 Å². The number of hydrogen-bond donors (Lipinski definition) is 1. The van der Waals surface area contributed by atoms with Crippen LogP contribution in [0.2, 0.25) is 0 Å². The van der Waals surface area contributed by atoms with Crippen molar-refractivity contribution in [3.8, 4) is 0 Å². The highest BCUT2D eigenvalue weighted by molar-refractivity contribution is 6.07. The molecule has 0 unspecified atom stereocenters. The number of pyridine rings is 1. The van der Waals surface area contributed by atoms with Gasteiger partial charge in [-0.1, -0.05) is 6.92 Å². The lowest BCUT2D eigenvalue weighted by Crippen LogP contribution is -2.53. The predicted octanol–water partition coefficient (Wildman–Crippen LogP) is 3.57. The lowest BCUT2D eigenvalue weighted by Gasteiger charge is -2.40. The number of halogens is 1. The number of piperazine rings is 1. The molecule has 1 aliphatic carbocycles. The lowest BCUT2D eigenvalue weighted by molar-refractivity contribution is 0.0515. The third kappa shape index (κ3) is 4.04. The van der Waals surface area contributed by atoms with Gasteiger partial charge in [-0.25, -0.2) is 0 Å². The van der Waals surface area contributed by atoms with Crippen LogP contribution >= 0.6 is 12.4 Å². The second-order valence-corrected chi connectivity index (χ2v) is 9.34. The van der Waals surface area contributed by atoms with Crippen LogP contribution in [-0.2, 0) is 6.54 Å². The number of aryl methyl sites for hydroxylation is 1. The molecule has 1 saturated carbocycles. The van der Waals surface area contributed by atoms with Gasteiger partial charge in [-0.15, -0.1) is 12.4 Å². The third-order valence-corrected chi connectivity index (χ3v) is 6.87. The minimum absolute atomic E-state index is 0. The summed E-state index contributed by atoms with van der Waals surface area (Å²) in [6, 6.07) is 4.27. The van der Waals surface area contributed by atoms with E-state index in [-0.39, 0.29) is 23.9 Å². The molecule has 2 aliphatic rings. The summed E-state index contributed by atoms with van der Waals surface area (Å²) in [5, 5.41) is 6.00. The van der Waals surface area contributed by atoms with Crippen molar-refractivity contribution >= 4 is 40.1 Å². The van der Waals surface area contributed by atoms with E-state index in [1.165, 1.54) is 12.8 Å². The molecule has 0 spiro atoms. The first kappa shape index (κ1) is 22.8. The second kappa shape index (κ2) is 8.87. The third-order valence-electron chi connectivity index (χ3n) is 6.87. The van der Waals surface area contributed by atoms with Crippen molar-refractivity contribution in [3.63, 3.8) is 0 Å². The summed E-state index contributed by atoms with van der Waals surface area (Å²) >= 11 is 0. The van der Waals surface area contributed by atoms with Gasteiger partial charge < -0.3 is 9.88 Å². The first-order valence-electron chi connectivity index (χ1n) is 11.5. The Morgan fingerprint density at radius 3 is 2.69 bits per heavy atom. The van der Waals surface area contributed by atoms with Gasteiger partial charge >= 0.3 is 0 Å². The number of fused-ring (bicyclic) bond motifs is 3. The molecule has 172 valence electrons. The van der Waals surface area contributed by atoms with Gasteiger partial charge in [-0.2, -0.15) is 5.10 Å². The molecule has 2 fully saturated rings. The van der Waals surface area contributed by atoms with Gasteiger partial charge in [0, 0.05) is 43.2 Å². The van der Waals surface area contributed by atoms with E-state index in [0.29, 0.717) is 17.3 Å². The van der Waals surface area contributed by atoms with E-state index in [1.807, 2.05) is 28.6 Å². The van der Waals surface area contributed by atoms with Crippen LogP contribution in [0.5, 0.6) is 0 Å². The first-order chi connectivity index (χ1) is 15.0. The molecule has 0 bridgehead atoms. The van der Waals surface area contributed by atoms with Crippen molar-refractivity contribution in [2.75, 3.05) is 26.2 Å². The summed E-state index contributed by atoms with van der Waals surface area (Å²) in [6.07, 6.45) is 5.22. The number of nitrogens with one attached hydrogen (secondary N) is 1. The minimum Gasteiger partial charge on any atom is -0.336 e. The maximum Gasteiger partial charge on any atom is 0.259 e. The van der Waals surface area contributed by atoms with E-state index in [2.05, 4.69) is 28.8 Å². The van der Waals surface area contributed by atoms with E-state index < -0.39 is 0 Å². The summed E-state index contributed by atoms with van der Waals surface area (Å²) in [4.78, 5) is 33.5. The Morgan fingerprint density at radius 1 is 1.22 bits per heavy atom. The smallest absolute Gasteiger partial charge is 0.259 e. The lowest BCUT2D eigenvalue weighted by atomic mass is 10.0. The molecule has 7 nitrogen and oxygen atoms in total. The molecule has 32 heavy (non-hydrogen) atoms. The van der Waals surface area contributed by atoms with Gasteiger partial charge in [-0.05, 0) is 63.3 Å². The number of aromatic amines is 1. The molecule has 1 amide bonds. The highest BCUT2D eigenvalue weighted by Gasteiger charge is 2.28. The fraction of sp³-hybridized carbons (Fsp3) is 0.542. The van der Waals surface area contributed by atoms with Crippen molar-refractivity contribution in [1.82, 2.24) is 24.6 Å². The molecule has 1 aliphatic heterocycles. The van der Waals surface area contributed by atoms with Crippen LogP contribution < -0.4 is 5.56 Å². The Morgan fingerprint density at radius 2 is 2.00 bits per heavy atom. The highest BCUT2D eigenvalue weighted by atomic mass is 35.5. The molecule has 1 atom stereocenters. The number of hydrogen-bond acceptors (Lipinski definition) is 4.